The van der Waals surface area contributed by atoms with Gasteiger partial charge >= 0.3 is 0 Å². The molecule has 2 heterocycles. The van der Waals surface area contributed by atoms with Crippen LogP contribution in [0.15, 0.2) is 0 Å². The highest BCUT2D eigenvalue weighted by atomic mass is 32.2. The van der Waals surface area contributed by atoms with E-state index in [9.17, 15) is 4.79 Å². The zero-order valence-corrected chi connectivity index (χ0v) is 10.7. The highest BCUT2D eigenvalue weighted by Crippen LogP contribution is 2.25. The van der Waals surface area contributed by atoms with Gasteiger partial charge in [-0.1, -0.05) is 0 Å². The van der Waals surface area contributed by atoms with Gasteiger partial charge < -0.3 is 10.6 Å². The molecule has 2 aliphatic rings. The minimum absolute atomic E-state index is 0.281. The summed E-state index contributed by atoms with van der Waals surface area (Å²) >= 11 is 2.02. The van der Waals surface area contributed by atoms with Gasteiger partial charge in [0.1, 0.15) is 0 Å². The summed E-state index contributed by atoms with van der Waals surface area (Å²) in [5, 5.41) is 6.50. The summed E-state index contributed by atoms with van der Waals surface area (Å²) in [4.78, 5) is 11.8. The second-order valence-electron chi connectivity index (χ2n) is 4.85. The molecule has 0 aromatic rings. The normalized spacial score (nSPS) is 24.2. The molecule has 0 spiro atoms. The van der Waals surface area contributed by atoms with E-state index in [1.54, 1.807) is 0 Å². The fourth-order valence-corrected chi connectivity index (χ4v) is 3.67. The van der Waals surface area contributed by atoms with Crippen LogP contribution in [0.5, 0.6) is 0 Å². The lowest BCUT2D eigenvalue weighted by molar-refractivity contribution is -0.122. The van der Waals surface area contributed by atoms with Crippen LogP contribution in [0, 0.1) is 5.92 Å². The first-order chi connectivity index (χ1) is 7.84. The number of hydrogen-bond acceptors (Lipinski definition) is 3. The molecule has 2 saturated heterocycles. The van der Waals surface area contributed by atoms with Crippen molar-refractivity contribution in [2.75, 3.05) is 24.6 Å². The van der Waals surface area contributed by atoms with Gasteiger partial charge in [0.05, 0.1) is 0 Å². The molecule has 2 rings (SSSR count). The molecule has 3 nitrogen and oxygen atoms in total. The molecular weight excluding hydrogens is 220 g/mol. The van der Waals surface area contributed by atoms with Crippen LogP contribution in [0.2, 0.25) is 0 Å². The van der Waals surface area contributed by atoms with E-state index in [1.165, 1.54) is 24.3 Å². The Hall–Kier alpha value is -0.220. The lowest BCUT2D eigenvalue weighted by atomic mass is 9.98. The Kier molecular flexibility index (Phi) is 4.97. The molecule has 0 atom stereocenters. The third kappa shape index (κ3) is 3.98. The summed E-state index contributed by atoms with van der Waals surface area (Å²) in [6.07, 6.45) is 5.39. The lowest BCUT2D eigenvalue weighted by Gasteiger charge is -2.26. The predicted octanol–water partition coefficient (Wildman–Crippen LogP) is 1.39. The van der Waals surface area contributed by atoms with Gasteiger partial charge in [0.2, 0.25) is 5.91 Å². The number of amides is 1. The topological polar surface area (TPSA) is 41.1 Å². The molecule has 2 aliphatic heterocycles. The van der Waals surface area contributed by atoms with Crippen LogP contribution in [0.25, 0.3) is 0 Å². The van der Waals surface area contributed by atoms with Crippen molar-refractivity contribution in [2.45, 2.75) is 38.1 Å². The lowest BCUT2D eigenvalue weighted by Crippen LogP contribution is -2.43. The van der Waals surface area contributed by atoms with Gasteiger partial charge in [0.25, 0.3) is 0 Å². The van der Waals surface area contributed by atoms with E-state index in [0.717, 1.165) is 32.4 Å². The van der Waals surface area contributed by atoms with E-state index in [4.69, 9.17) is 0 Å². The van der Waals surface area contributed by atoms with Gasteiger partial charge in [-0.2, -0.15) is 11.8 Å². The summed E-state index contributed by atoms with van der Waals surface area (Å²) < 4.78 is 0. The van der Waals surface area contributed by atoms with Crippen LogP contribution >= 0.6 is 11.8 Å². The maximum Gasteiger partial charge on any atom is 0.220 e. The van der Waals surface area contributed by atoms with Crippen molar-refractivity contribution in [2.24, 2.45) is 5.92 Å². The van der Waals surface area contributed by atoms with Crippen molar-refractivity contribution in [3.05, 3.63) is 0 Å². The van der Waals surface area contributed by atoms with Gasteiger partial charge in [-0.15, -0.1) is 0 Å². The quantitative estimate of drug-likeness (QED) is 0.786. The minimum atomic E-state index is 0.281. The number of nitrogens with one attached hydrogen (secondary N) is 2. The number of carbonyl (C=O) groups is 1. The smallest absolute Gasteiger partial charge is 0.220 e. The Labute approximate surface area is 102 Å². The van der Waals surface area contributed by atoms with Crippen LogP contribution in [0.3, 0.4) is 0 Å². The summed E-state index contributed by atoms with van der Waals surface area (Å²) in [6.45, 7) is 2.09. The fraction of sp³-hybridized carbons (Fsp3) is 0.917. The first kappa shape index (κ1) is 12.2. The van der Waals surface area contributed by atoms with Crippen molar-refractivity contribution in [1.29, 1.82) is 0 Å². The Balaban J connectivity index is 1.66. The zero-order chi connectivity index (χ0) is 11.2. The second-order valence-corrected chi connectivity index (χ2v) is 6.08. The molecule has 92 valence electrons. The SMILES string of the molecule is O=C(CC1CCSCC1)NC1CCNCC1. The number of rotatable bonds is 3. The van der Waals surface area contributed by atoms with Gasteiger partial charge in [0.15, 0.2) is 0 Å². The van der Waals surface area contributed by atoms with Crippen LogP contribution in [-0.4, -0.2) is 36.5 Å². The predicted molar refractivity (Wildman–Crippen MR) is 68.7 cm³/mol. The molecular formula is C12H22N2OS. The van der Waals surface area contributed by atoms with E-state index in [2.05, 4.69) is 10.6 Å². The summed E-state index contributed by atoms with van der Waals surface area (Å²) in [5.74, 6) is 3.41. The third-order valence-electron chi connectivity index (χ3n) is 3.52. The first-order valence-electron chi connectivity index (χ1n) is 6.42. The standard InChI is InChI=1S/C12H22N2OS/c15-12(9-10-3-7-16-8-4-10)14-11-1-5-13-6-2-11/h10-11,13H,1-9H2,(H,14,15). The molecule has 16 heavy (non-hydrogen) atoms. The summed E-state index contributed by atoms with van der Waals surface area (Å²) in [6, 6.07) is 0.423. The summed E-state index contributed by atoms with van der Waals surface area (Å²) in [7, 11) is 0. The van der Waals surface area contributed by atoms with E-state index in [-0.39, 0.29) is 5.91 Å². The van der Waals surface area contributed by atoms with Crippen molar-refractivity contribution >= 4 is 17.7 Å². The molecule has 0 radical (unpaired) electrons. The van der Waals surface area contributed by atoms with Crippen LogP contribution in [0.4, 0.5) is 0 Å². The van der Waals surface area contributed by atoms with Crippen molar-refractivity contribution in [3.63, 3.8) is 0 Å². The number of thioether (sulfide) groups is 1. The molecule has 0 saturated carbocycles. The molecule has 0 unspecified atom stereocenters. The summed E-state index contributed by atoms with van der Waals surface area (Å²) in [5.41, 5.74) is 0. The Morgan fingerprint density at radius 1 is 1.19 bits per heavy atom. The second kappa shape index (κ2) is 6.50. The fourth-order valence-electron chi connectivity index (χ4n) is 2.47. The van der Waals surface area contributed by atoms with Crippen LogP contribution in [-0.2, 0) is 4.79 Å². The van der Waals surface area contributed by atoms with Crippen molar-refractivity contribution in [3.8, 4) is 0 Å². The van der Waals surface area contributed by atoms with E-state index in [0.29, 0.717) is 12.0 Å². The monoisotopic (exact) mass is 242 g/mol. The molecule has 2 N–H and O–H groups in total. The van der Waals surface area contributed by atoms with Gasteiger partial charge in [-0.05, 0) is 56.2 Å². The van der Waals surface area contributed by atoms with Crippen molar-refractivity contribution in [1.82, 2.24) is 10.6 Å². The Morgan fingerprint density at radius 2 is 1.88 bits per heavy atom. The van der Waals surface area contributed by atoms with E-state index < -0.39 is 0 Å². The number of carbonyl (C=O) groups excluding carboxylic acids is 1. The molecule has 4 heteroatoms. The van der Waals surface area contributed by atoms with Gasteiger partial charge in [0, 0.05) is 12.5 Å². The average molecular weight is 242 g/mol. The Bertz CT molecular complexity index is 201. The van der Waals surface area contributed by atoms with Gasteiger partial charge in [-0.3, -0.25) is 4.79 Å². The number of hydrogen-bond donors (Lipinski definition) is 2. The largest absolute Gasteiger partial charge is 0.353 e. The average Bonchev–Trinajstić information content (AvgIpc) is 2.31. The third-order valence-corrected chi connectivity index (χ3v) is 4.57. The molecule has 0 aromatic carbocycles. The number of piperidine rings is 1. The first-order valence-corrected chi connectivity index (χ1v) is 7.58. The Morgan fingerprint density at radius 3 is 2.56 bits per heavy atom. The maximum atomic E-state index is 11.8. The molecule has 0 bridgehead atoms. The van der Waals surface area contributed by atoms with E-state index in [1.807, 2.05) is 11.8 Å². The van der Waals surface area contributed by atoms with E-state index >= 15 is 0 Å². The van der Waals surface area contributed by atoms with Crippen LogP contribution in [0.1, 0.15) is 32.1 Å². The highest BCUT2D eigenvalue weighted by Gasteiger charge is 2.20. The molecule has 1 amide bonds. The maximum absolute atomic E-state index is 11.8. The molecule has 0 aromatic heterocycles. The van der Waals surface area contributed by atoms with Crippen LogP contribution < -0.4 is 10.6 Å². The van der Waals surface area contributed by atoms with Gasteiger partial charge in [-0.25, -0.2) is 0 Å². The van der Waals surface area contributed by atoms with Crippen molar-refractivity contribution < 1.29 is 4.79 Å². The highest BCUT2D eigenvalue weighted by molar-refractivity contribution is 7.99. The zero-order valence-electron chi connectivity index (χ0n) is 9.84. The minimum Gasteiger partial charge on any atom is -0.353 e. The molecule has 2 fully saturated rings. The molecule has 0 aliphatic carbocycles.